The van der Waals surface area contributed by atoms with E-state index >= 15 is 0 Å². The van der Waals surface area contributed by atoms with E-state index in [9.17, 15) is 14.9 Å². The SMILES string of the molecule is N#CC(C(=O)Nc1ccc(Cl)cc1)=C1SC(Cc2ccc(Br)cc2)C(=O)N1c1ccc(Br)cc1. The summed E-state index contributed by atoms with van der Waals surface area (Å²) in [6.07, 6.45) is 0.463. The fraction of sp³-hybridized carbons (Fsp3) is 0.0800. The van der Waals surface area contributed by atoms with Gasteiger partial charge in [0.2, 0.25) is 5.91 Å². The Bertz CT molecular complexity index is 1300. The second-order valence-electron chi connectivity index (χ2n) is 7.34. The Labute approximate surface area is 223 Å². The minimum absolute atomic E-state index is 0.130. The van der Waals surface area contributed by atoms with Crippen molar-refractivity contribution in [1.82, 2.24) is 0 Å². The number of benzene rings is 3. The fourth-order valence-electron chi connectivity index (χ4n) is 3.37. The number of nitrogens with zero attached hydrogens (tertiary/aromatic N) is 2. The third-order valence-corrected chi connectivity index (χ3v) is 7.60. The molecule has 5 nitrogen and oxygen atoms in total. The lowest BCUT2D eigenvalue weighted by molar-refractivity contribution is -0.117. The van der Waals surface area contributed by atoms with E-state index in [4.69, 9.17) is 11.6 Å². The summed E-state index contributed by atoms with van der Waals surface area (Å²) in [4.78, 5) is 28.0. The summed E-state index contributed by atoms with van der Waals surface area (Å²) >= 11 is 14.0. The number of carbonyl (C=O) groups is 2. The van der Waals surface area contributed by atoms with E-state index in [1.807, 2.05) is 42.5 Å². The zero-order valence-electron chi connectivity index (χ0n) is 17.5. The normalized spacial score (nSPS) is 16.8. The van der Waals surface area contributed by atoms with Gasteiger partial charge >= 0.3 is 0 Å². The molecule has 0 saturated carbocycles. The standard InChI is InChI=1S/C25H16Br2ClN3O2S/c26-16-3-1-15(2-4-16)13-22-24(33)31(20-11-5-17(27)6-12-20)25(34-22)21(14-29)23(32)30-19-9-7-18(28)8-10-19/h1-12,22H,13H2,(H,30,32). The van der Waals surface area contributed by atoms with E-state index in [2.05, 4.69) is 37.2 Å². The Morgan fingerprint density at radius 2 is 1.59 bits per heavy atom. The number of carbonyl (C=O) groups excluding carboxylic acids is 2. The predicted molar refractivity (Wildman–Crippen MR) is 144 cm³/mol. The van der Waals surface area contributed by atoms with Gasteiger partial charge in [0, 0.05) is 25.3 Å². The summed E-state index contributed by atoms with van der Waals surface area (Å²) in [5.74, 6) is -0.774. The van der Waals surface area contributed by atoms with Gasteiger partial charge in [-0.25, -0.2) is 0 Å². The lowest BCUT2D eigenvalue weighted by Crippen LogP contribution is -2.30. The number of hydrogen-bond acceptors (Lipinski definition) is 4. The van der Waals surface area contributed by atoms with Crippen molar-refractivity contribution in [3.8, 4) is 6.07 Å². The Morgan fingerprint density at radius 1 is 1.00 bits per heavy atom. The van der Waals surface area contributed by atoms with Crippen LogP contribution in [0.3, 0.4) is 0 Å². The van der Waals surface area contributed by atoms with Crippen molar-refractivity contribution in [3.05, 3.63) is 103 Å². The van der Waals surface area contributed by atoms with Crippen LogP contribution in [0.4, 0.5) is 11.4 Å². The molecule has 2 amide bonds. The monoisotopic (exact) mass is 615 g/mol. The van der Waals surface area contributed by atoms with Gasteiger partial charge in [0.15, 0.2) is 0 Å². The summed E-state index contributed by atoms with van der Waals surface area (Å²) in [5, 5.41) is 13.0. The second kappa shape index (κ2) is 10.8. The number of nitriles is 1. The van der Waals surface area contributed by atoms with Crippen molar-refractivity contribution in [1.29, 1.82) is 5.26 Å². The first-order valence-electron chi connectivity index (χ1n) is 10.1. The molecule has 0 bridgehead atoms. The number of halogens is 3. The van der Waals surface area contributed by atoms with Crippen molar-refractivity contribution in [2.24, 2.45) is 0 Å². The minimum Gasteiger partial charge on any atom is -0.321 e. The highest BCUT2D eigenvalue weighted by Gasteiger charge is 2.40. The molecule has 1 fully saturated rings. The summed E-state index contributed by atoms with van der Waals surface area (Å²) in [5.41, 5.74) is 1.93. The van der Waals surface area contributed by atoms with Gasteiger partial charge < -0.3 is 5.32 Å². The Hall–Kier alpha value is -2.57. The summed E-state index contributed by atoms with van der Waals surface area (Å²) in [6.45, 7) is 0. The number of amides is 2. The van der Waals surface area contributed by atoms with Crippen LogP contribution in [0.25, 0.3) is 0 Å². The molecule has 0 aromatic heterocycles. The zero-order valence-corrected chi connectivity index (χ0v) is 22.2. The topological polar surface area (TPSA) is 73.2 Å². The van der Waals surface area contributed by atoms with Crippen LogP contribution in [-0.2, 0) is 16.0 Å². The maximum absolute atomic E-state index is 13.5. The Balaban J connectivity index is 1.71. The first kappa shape index (κ1) is 24.6. The lowest BCUT2D eigenvalue weighted by atomic mass is 10.1. The van der Waals surface area contributed by atoms with E-state index in [1.165, 1.54) is 16.7 Å². The van der Waals surface area contributed by atoms with Crippen LogP contribution in [0.15, 0.2) is 92.3 Å². The highest BCUT2D eigenvalue weighted by Crippen LogP contribution is 2.42. The smallest absolute Gasteiger partial charge is 0.269 e. The number of rotatable bonds is 5. The van der Waals surface area contributed by atoms with Crippen LogP contribution in [0.1, 0.15) is 5.56 Å². The molecule has 1 saturated heterocycles. The molecule has 170 valence electrons. The van der Waals surface area contributed by atoms with Gasteiger partial charge in [0.25, 0.3) is 5.91 Å². The summed E-state index contributed by atoms with van der Waals surface area (Å²) < 4.78 is 1.80. The molecule has 1 unspecified atom stereocenters. The average Bonchev–Trinajstić information content (AvgIpc) is 3.13. The van der Waals surface area contributed by atoms with Crippen molar-refractivity contribution in [2.45, 2.75) is 11.7 Å². The third-order valence-electron chi connectivity index (χ3n) is 5.03. The van der Waals surface area contributed by atoms with Crippen LogP contribution >= 0.6 is 55.2 Å². The van der Waals surface area contributed by atoms with Crippen LogP contribution in [0.5, 0.6) is 0 Å². The summed E-state index contributed by atoms with van der Waals surface area (Å²) in [7, 11) is 0. The molecule has 9 heteroatoms. The van der Waals surface area contributed by atoms with E-state index in [1.54, 1.807) is 36.4 Å². The molecule has 0 spiro atoms. The molecule has 34 heavy (non-hydrogen) atoms. The van der Waals surface area contributed by atoms with Gasteiger partial charge in [-0.05, 0) is 72.6 Å². The number of thioether (sulfide) groups is 1. The molecule has 0 aliphatic carbocycles. The second-order valence-corrected chi connectivity index (χ2v) is 10.8. The molecule has 1 N–H and O–H groups in total. The predicted octanol–water partition coefficient (Wildman–Crippen LogP) is 6.93. The number of nitrogens with one attached hydrogen (secondary N) is 1. The molecule has 1 heterocycles. The molecular formula is C25H16Br2ClN3O2S. The van der Waals surface area contributed by atoms with Crippen molar-refractivity contribution in [3.63, 3.8) is 0 Å². The van der Waals surface area contributed by atoms with Gasteiger partial charge in [-0.1, -0.05) is 67.4 Å². The minimum atomic E-state index is -0.591. The zero-order chi connectivity index (χ0) is 24.2. The largest absolute Gasteiger partial charge is 0.321 e. The summed E-state index contributed by atoms with van der Waals surface area (Å²) in [6, 6.07) is 23.5. The molecule has 1 atom stereocenters. The number of anilines is 2. The van der Waals surface area contributed by atoms with E-state index in [-0.39, 0.29) is 11.5 Å². The van der Waals surface area contributed by atoms with Crippen LogP contribution in [-0.4, -0.2) is 17.1 Å². The van der Waals surface area contributed by atoms with Crippen molar-refractivity contribution >= 4 is 78.4 Å². The molecule has 1 aliphatic rings. The lowest BCUT2D eigenvalue weighted by Gasteiger charge is -2.19. The van der Waals surface area contributed by atoms with Gasteiger partial charge in [0.1, 0.15) is 16.7 Å². The molecular weight excluding hydrogens is 602 g/mol. The molecule has 0 radical (unpaired) electrons. The molecule has 1 aliphatic heterocycles. The Kier molecular flexibility index (Phi) is 7.79. The first-order chi connectivity index (χ1) is 16.4. The fourth-order valence-corrected chi connectivity index (χ4v) is 5.34. The maximum atomic E-state index is 13.5. The average molecular weight is 618 g/mol. The molecule has 3 aromatic rings. The number of hydrogen-bond donors (Lipinski definition) is 1. The van der Waals surface area contributed by atoms with Gasteiger partial charge in [0.05, 0.1) is 5.25 Å². The third kappa shape index (κ3) is 5.56. The van der Waals surface area contributed by atoms with Crippen LogP contribution < -0.4 is 10.2 Å². The van der Waals surface area contributed by atoms with E-state index < -0.39 is 11.2 Å². The van der Waals surface area contributed by atoms with Gasteiger partial charge in [-0.2, -0.15) is 5.26 Å². The highest BCUT2D eigenvalue weighted by molar-refractivity contribution is 9.10. The Morgan fingerprint density at radius 3 is 2.18 bits per heavy atom. The van der Waals surface area contributed by atoms with Gasteiger partial charge in [-0.3, -0.25) is 14.5 Å². The van der Waals surface area contributed by atoms with E-state index in [0.717, 1.165) is 14.5 Å². The highest BCUT2D eigenvalue weighted by atomic mass is 79.9. The molecule has 4 rings (SSSR count). The van der Waals surface area contributed by atoms with Crippen LogP contribution in [0, 0.1) is 11.3 Å². The molecule has 3 aromatic carbocycles. The van der Waals surface area contributed by atoms with Crippen molar-refractivity contribution in [2.75, 3.05) is 10.2 Å². The maximum Gasteiger partial charge on any atom is 0.269 e. The first-order valence-corrected chi connectivity index (χ1v) is 12.9. The van der Waals surface area contributed by atoms with E-state index in [0.29, 0.717) is 27.8 Å². The quantitative estimate of drug-likeness (QED) is 0.249. The van der Waals surface area contributed by atoms with Crippen LogP contribution in [0.2, 0.25) is 5.02 Å². The van der Waals surface area contributed by atoms with Gasteiger partial charge in [-0.15, -0.1) is 0 Å². The van der Waals surface area contributed by atoms with Crippen molar-refractivity contribution < 1.29 is 9.59 Å².